The summed E-state index contributed by atoms with van der Waals surface area (Å²) < 4.78 is 0. The van der Waals surface area contributed by atoms with E-state index in [2.05, 4.69) is 11.6 Å². The lowest BCUT2D eigenvalue weighted by Crippen LogP contribution is -1.73. The van der Waals surface area contributed by atoms with Crippen LogP contribution >= 0.6 is 0 Å². The van der Waals surface area contributed by atoms with Crippen molar-refractivity contribution in [2.75, 3.05) is 0 Å². The molecule has 0 N–H and O–H groups in total. The minimum Gasteiger partial charge on any atom is -0.262 e. The van der Waals surface area contributed by atoms with Gasteiger partial charge in [-0.25, -0.2) is 0 Å². The SMILES string of the molecule is C=CC=NC(C)=C(C)C. The second-order valence-corrected chi connectivity index (χ2v) is 2.10. The number of rotatable bonds is 2. The maximum absolute atomic E-state index is 4.08. The van der Waals surface area contributed by atoms with Gasteiger partial charge in [0.05, 0.1) is 0 Å². The summed E-state index contributed by atoms with van der Waals surface area (Å²) in [7, 11) is 0. The van der Waals surface area contributed by atoms with Gasteiger partial charge in [-0.3, -0.25) is 4.99 Å². The second-order valence-electron chi connectivity index (χ2n) is 2.10. The first-order valence-electron chi connectivity index (χ1n) is 2.97. The number of aliphatic imine (C=N–C) groups is 1. The van der Waals surface area contributed by atoms with Crippen LogP contribution in [0.4, 0.5) is 0 Å². The smallest absolute Gasteiger partial charge is 0.0359 e. The molecule has 0 bridgehead atoms. The van der Waals surface area contributed by atoms with Gasteiger partial charge in [0.15, 0.2) is 0 Å². The van der Waals surface area contributed by atoms with Gasteiger partial charge in [0.25, 0.3) is 0 Å². The molecule has 0 aliphatic carbocycles. The van der Waals surface area contributed by atoms with E-state index >= 15 is 0 Å². The van der Waals surface area contributed by atoms with Crippen LogP contribution in [0, 0.1) is 0 Å². The van der Waals surface area contributed by atoms with Gasteiger partial charge in [0, 0.05) is 11.9 Å². The normalized spacial score (nSPS) is 9.67. The Morgan fingerprint density at radius 1 is 1.33 bits per heavy atom. The fraction of sp³-hybridized carbons (Fsp3) is 0.375. The summed E-state index contributed by atoms with van der Waals surface area (Å²) >= 11 is 0. The third kappa shape index (κ3) is 3.71. The van der Waals surface area contributed by atoms with Gasteiger partial charge in [0.2, 0.25) is 0 Å². The van der Waals surface area contributed by atoms with Crippen molar-refractivity contribution in [3.63, 3.8) is 0 Å². The van der Waals surface area contributed by atoms with Crippen LogP contribution in [0.3, 0.4) is 0 Å². The number of allylic oxidation sites excluding steroid dienone is 3. The Balaban J connectivity index is 4.06. The molecule has 0 radical (unpaired) electrons. The molecule has 0 aliphatic rings. The summed E-state index contributed by atoms with van der Waals surface area (Å²) in [5.41, 5.74) is 2.31. The highest BCUT2D eigenvalue weighted by atomic mass is 14.7. The van der Waals surface area contributed by atoms with Crippen LogP contribution in [0.25, 0.3) is 0 Å². The predicted octanol–water partition coefficient (Wildman–Crippen LogP) is 2.56. The summed E-state index contributed by atoms with van der Waals surface area (Å²) in [6.45, 7) is 9.58. The molecule has 0 rings (SSSR count). The zero-order valence-electron chi connectivity index (χ0n) is 6.31. The van der Waals surface area contributed by atoms with Gasteiger partial charge in [-0.2, -0.15) is 0 Å². The first kappa shape index (κ1) is 8.15. The molecule has 0 spiro atoms. The molecule has 50 valence electrons. The van der Waals surface area contributed by atoms with Crippen molar-refractivity contribution >= 4 is 6.21 Å². The van der Waals surface area contributed by atoms with Crippen LogP contribution in [0.2, 0.25) is 0 Å². The molecule has 0 saturated carbocycles. The van der Waals surface area contributed by atoms with E-state index in [1.54, 1.807) is 12.3 Å². The largest absolute Gasteiger partial charge is 0.262 e. The molecule has 0 aliphatic heterocycles. The molecule has 0 aromatic rings. The average molecular weight is 123 g/mol. The lowest BCUT2D eigenvalue weighted by Gasteiger charge is -1.91. The van der Waals surface area contributed by atoms with Crippen LogP contribution in [-0.2, 0) is 0 Å². The summed E-state index contributed by atoms with van der Waals surface area (Å²) in [5.74, 6) is 0. The van der Waals surface area contributed by atoms with Crippen molar-refractivity contribution in [2.24, 2.45) is 4.99 Å². The lowest BCUT2D eigenvalue weighted by molar-refractivity contribution is 1.20. The Kier molecular flexibility index (Phi) is 3.69. The Morgan fingerprint density at radius 3 is 2.22 bits per heavy atom. The zero-order chi connectivity index (χ0) is 7.28. The number of hydrogen-bond acceptors (Lipinski definition) is 1. The van der Waals surface area contributed by atoms with Gasteiger partial charge < -0.3 is 0 Å². The first-order chi connectivity index (χ1) is 4.18. The maximum atomic E-state index is 4.08. The van der Waals surface area contributed by atoms with Crippen molar-refractivity contribution in [1.29, 1.82) is 0 Å². The average Bonchev–Trinajstić information content (AvgIpc) is 1.82. The van der Waals surface area contributed by atoms with E-state index in [0.717, 1.165) is 5.70 Å². The quantitative estimate of drug-likeness (QED) is 0.500. The highest BCUT2D eigenvalue weighted by Gasteiger charge is 1.82. The Morgan fingerprint density at radius 2 is 1.89 bits per heavy atom. The molecule has 0 aromatic heterocycles. The van der Waals surface area contributed by atoms with Gasteiger partial charge in [-0.05, 0) is 20.8 Å². The van der Waals surface area contributed by atoms with Crippen LogP contribution in [0.5, 0.6) is 0 Å². The number of nitrogens with zero attached hydrogens (tertiary/aromatic N) is 1. The molecule has 0 saturated heterocycles. The minimum absolute atomic E-state index is 1.06. The molecule has 0 unspecified atom stereocenters. The third-order valence-electron chi connectivity index (χ3n) is 1.10. The zero-order valence-corrected chi connectivity index (χ0v) is 6.31. The molecular weight excluding hydrogens is 110 g/mol. The van der Waals surface area contributed by atoms with Crippen molar-refractivity contribution < 1.29 is 0 Å². The van der Waals surface area contributed by atoms with Gasteiger partial charge in [0.1, 0.15) is 0 Å². The van der Waals surface area contributed by atoms with E-state index in [4.69, 9.17) is 0 Å². The van der Waals surface area contributed by atoms with E-state index in [1.165, 1.54) is 5.57 Å². The summed E-state index contributed by atoms with van der Waals surface area (Å²) in [4.78, 5) is 4.08. The molecule has 0 heterocycles. The Bertz CT molecular complexity index is 148. The number of hydrogen-bond donors (Lipinski definition) is 0. The Labute approximate surface area is 56.8 Å². The first-order valence-corrected chi connectivity index (χ1v) is 2.97. The molecule has 1 nitrogen and oxygen atoms in total. The van der Waals surface area contributed by atoms with Gasteiger partial charge >= 0.3 is 0 Å². The van der Waals surface area contributed by atoms with Crippen LogP contribution in [0.1, 0.15) is 20.8 Å². The van der Waals surface area contributed by atoms with Crippen molar-refractivity contribution in [3.05, 3.63) is 23.9 Å². The highest BCUT2D eigenvalue weighted by molar-refractivity contribution is 5.71. The summed E-state index contributed by atoms with van der Waals surface area (Å²) in [6, 6.07) is 0. The van der Waals surface area contributed by atoms with Crippen molar-refractivity contribution in [1.82, 2.24) is 0 Å². The topological polar surface area (TPSA) is 12.4 Å². The van der Waals surface area contributed by atoms with E-state index in [-0.39, 0.29) is 0 Å². The molecule has 9 heavy (non-hydrogen) atoms. The summed E-state index contributed by atoms with van der Waals surface area (Å²) in [6.07, 6.45) is 3.37. The third-order valence-corrected chi connectivity index (χ3v) is 1.10. The monoisotopic (exact) mass is 123 g/mol. The fourth-order valence-corrected chi connectivity index (χ4v) is 0.294. The molecule has 0 amide bonds. The molecule has 0 aromatic carbocycles. The fourth-order valence-electron chi connectivity index (χ4n) is 0.294. The second kappa shape index (κ2) is 4.07. The predicted molar refractivity (Wildman–Crippen MR) is 42.7 cm³/mol. The standard InChI is InChI=1S/C8H13N/c1-5-6-9-8(4)7(2)3/h5-6H,1H2,2-4H3. The van der Waals surface area contributed by atoms with Crippen molar-refractivity contribution in [2.45, 2.75) is 20.8 Å². The van der Waals surface area contributed by atoms with E-state index < -0.39 is 0 Å². The van der Waals surface area contributed by atoms with Gasteiger partial charge in [-0.1, -0.05) is 18.2 Å². The lowest BCUT2D eigenvalue weighted by atomic mass is 10.3. The summed E-state index contributed by atoms with van der Waals surface area (Å²) in [5, 5.41) is 0. The highest BCUT2D eigenvalue weighted by Crippen LogP contribution is 2.01. The molecule has 0 fully saturated rings. The van der Waals surface area contributed by atoms with E-state index in [0.29, 0.717) is 0 Å². The minimum atomic E-state index is 1.06. The van der Waals surface area contributed by atoms with Gasteiger partial charge in [-0.15, -0.1) is 0 Å². The molecular formula is C8H13N. The van der Waals surface area contributed by atoms with Crippen LogP contribution in [0.15, 0.2) is 28.9 Å². The molecule has 0 atom stereocenters. The Hall–Kier alpha value is -0.850. The van der Waals surface area contributed by atoms with E-state index in [1.807, 2.05) is 20.8 Å². The van der Waals surface area contributed by atoms with Crippen LogP contribution in [-0.4, -0.2) is 6.21 Å². The van der Waals surface area contributed by atoms with E-state index in [9.17, 15) is 0 Å². The van der Waals surface area contributed by atoms with Crippen LogP contribution < -0.4 is 0 Å². The molecule has 1 heteroatoms. The maximum Gasteiger partial charge on any atom is 0.0359 e. The van der Waals surface area contributed by atoms with Crippen molar-refractivity contribution in [3.8, 4) is 0 Å².